The second-order valence-corrected chi connectivity index (χ2v) is 27.2. The Labute approximate surface area is 505 Å². The lowest BCUT2D eigenvalue weighted by atomic mass is 9.81. The Morgan fingerprint density at radius 1 is 0.247 bits per heavy atom. The fourth-order valence-corrected chi connectivity index (χ4v) is 12.1. The molecule has 11 aromatic carbocycles. The van der Waals surface area contributed by atoms with Crippen molar-refractivity contribution in [2.24, 2.45) is 0 Å². The summed E-state index contributed by atoms with van der Waals surface area (Å²) in [5.74, 6) is 0. The molecule has 1 heterocycles. The van der Waals surface area contributed by atoms with Gasteiger partial charge in [0.1, 0.15) is 0 Å². The summed E-state index contributed by atoms with van der Waals surface area (Å²) >= 11 is 0. The summed E-state index contributed by atoms with van der Waals surface area (Å²) in [6.07, 6.45) is 0. The number of hydrogen-bond donors (Lipinski definition) is 0. The Morgan fingerprint density at radius 3 is 1.00 bits per heavy atom. The number of benzene rings is 11. The molecule has 12 aromatic rings. The quantitative estimate of drug-likeness (QED) is 0.128. The third-order valence-corrected chi connectivity index (χ3v) is 16.9. The van der Waals surface area contributed by atoms with Crippen LogP contribution in [0.2, 0.25) is 0 Å². The first-order valence-corrected chi connectivity index (χ1v) is 30.2. The first-order chi connectivity index (χ1) is 40.7. The van der Waals surface area contributed by atoms with Crippen LogP contribution in [0.4, 0.5) is 34.1 Å². The van der Waals surface area contributed by atoms with Crippen LogP contribution in [0.15, 0.2) is 261 Å². The van der Waals surface area contributed by atoms with Crippen LogP contribution in [0.1, 0.15) is 105 Å². The Morgan fingerprint density at radius 2 is 0.588 bits per heavy atom. The molecule has 0 aliphatic rings. The molecule has 422 valence electrons. The third kappa shape index (κ3) is 11.1. The highest BCUT2D eigenvalue weighted by Gasteiger charge is 2.32. The SMILES string of the molecule is CC(C)(C)c1cccc(N(c2cc(N(c3ccc4c(c3)c3ccccc3n4-c3ccccc3)c3c(-c4ccccc4)cc(C(C)(C)C)cc3-c3ccccc3)cc(C(C)(C)C)c2)c2c(-c3ccccc3)cc(C(C)(C)C)cc2-c2ccccc2)c1. The molecule has 1 aromatic heterocycles. The second-order valence-electron chi connectivity index (χ2n) is 27.2. The van der Waals surface area contributed by atoms with Crippen LogP contribution in [-0.2, 0) is 21.7 Å². The van der Waals surface area contributed by atoms with Crippen molar-refractivity contribution < 1.29 is 0 Å². The van der Waals surface area contributed by atoms with Crippen LogP contribution in [0.3, 0.4) is 0 Å². The minimum atomic E-state index is -0.288. The molecule has 0 unspecified atom stereocenters. The van der Waals surface area contributed by atoms with Crippen molar-refractivity contribution in [2.45, 2.75) is 105 Å². The molecular weight excluding hydrogens is 1030 g/mol. The maximum absolute atomic E-state index is 2.60. The second kappa shape index (κ2) is 22.1. The number of aromatic nitrogens is 1. The molecule has 3 heteroatoms. The van der Waals surface area contributed by atoms with E-state index in [0.717, 1.165) is 78.7 Å². The molecule has 0 spiro atoms. The number of fused-ring (bicyclic) bond motifs is 3. The summed E-state index contributed by atoms with van der Waals surface area (Å²) in [6, 6.07) is 97.7. The van der Waals surface area contributed by atoms with Crippen molar-refractivity contribution in [3.63, 3.8) is 0 Å². The standard InChI is InChI=1S/C82H79N3/c1-79(2,3)60-39-30-42-65(47-60)83(77-70(56-31-18-13-19-32-56)50-62(81(7,8)9)51-71(77)57-33-20-14-21-34-57)67-48-61(80(4,5)6)49-68(54-67)84(66-45-46-76-74(55-66)69-43-28-29-44-75(69)85(76)64-40-26-17-27-41-64)78-72(58-35-22-15-23-36-58)52-63(82(10,11)12)53-73(78)59-37-24-16-25-38-59/h13-55H,1-12H3. The molecule has 0 fully saturated rings. The molecule has 0 bridgehead atoms. The van der Waals surface area contributed by atoms with Crippen LogP contribution in [0.25, 0.3) is 72.0 Å². The lowest BCUT2D eigenvalue weighted by molar-refractivity contribution is 0.589. The number of anilines is 6. The summed E-state index contributed by atoms with van der Waals surface area (Å²) in [5.41, 5.74) is 23.5. The van der Waals surface area contributed by atoms with Crippen LogP contribution in [-0.4, -0.2) is 4.57 Å². The van der Waals surface area contributed by atoms with Crippen molar-refractivity contribution in [1.29, 1.82) is 0 Å². The fraction of sp³-hybridized carbons (Fsp3) is 0.195. The molecule has 85 heavy (non-hydrogen) atoms. The fourth-order valence-electron chi connectivity index (χ4n) is 12.1. The van der Waals surface area contributed by atoms with Crippen LogP contribution < -0.4 is 9.80 Å². The Hall–Kier alpha value is -9.18. The van der Waals surface area contributed by atoms with Crippen molar-refractivity contribution >= 4 is 55.9 Å². The number of para-hydroxylation sites is 2. The monoisotopic (exact) mass is 1110 g/mol. The van der Waals surface area contributed by atoms with Gasteiger partial charge in [-0.3, -0.25) is 0 Å². The maximum Gasteiger partial charge on any atom is 0.0618 e. The van der Waals surface area contributed by atoms with Gasteiger partial charge in [-0.05, 0) is 157 Å². The van der Waals surface area contributed by atoms with E-state index in [1.165, 1.54) is 49.7 Å². The molecule has 0 amide bonds. The summed E-state index contributed by atoms with van der Waals surface area (Å²) in [6.45, 7) is 28.1. The Bertz CT molecular complexity index is 4230. The number of hydrogen-bond acceptors (Lipinski definition) is 2. The maximum atomic E-state index is 2.60. The molecule has 0 N–H and O–H groups in total. The van der Waals surface area contributed by atoms with E-state index >= 15 is 0 Å². The van der Waals surface area contributed by atoms with Crippen molar-refractivity contribution in [2.75, 3.05) is 9.80 Å². The highest BCUT2D eigenvalue weighted by atomic mass is 15.2. The highest BCUT2D eigenvalue weighted by molar-refractivity contribution is 6.11. The number of rotatable bonds is 11. The molecule has 0 aliphatic heterocycles. The Kier molecular flexibility index (Phi) is 14.6. The van der Waals surface area contributed by atoms with E-state index in [1.54, 1.807) is 0 Å². The van der Waals surface area contributed by atoms with Gasteiger partial charge in [0, 0.05) is 61.5 Å². The first kappa shape index (κ1) is 56.3. The van der Waals surface area contributed by atoms with Crippen molar-refractivity contribution in [3.05, 3.63) is 283 Å². The van der Waals surface area contributed by atoms with Gasteiger partial charge in [0.15, 0.2) is 0 Å². The van der Waals surface area contributed by atoms with E-state index in [1.807, 2.05) is 0 Å². The van der Waals surface area contributed by atoms with Gasteiger partial charge in [0.2, 0.25) is 0 Å². The Balaban J connectivity index is 1.26. The van der Waals surface area contributed by atoms with Crippen LogP contribution >= 0.6 is 0 Å². The third-order valence-electron chi connectivity index (χ3n) is 16.9. The summed E-state index contributed by atoms with van der Waals surface area (Å²) in [5, 5.41) is 2.38. The van der Waals surface area contributed by atoms with E-state index in [-0.39, 0.29) is 21.7 Å². The minimum absolute atomic E-state index is 0.124. The zero-order valence-corrected chi connectivity index (χ0v) is 51.7. The number of nitrogens with zero attached hydrogens (tertiary/aromatic N) is 3. The van der Waals surface area contributed by atoms with Crippen molar-refractivity contribution in [1.82, 2.24) is 4.57 Å². The molecule has 12 rings (SSSR count). The van der Waals surface area contributed by atoms with Gasteiger partial charge in [-0.15, -0.1) is 0 Å². The minimum Gasteiger partial charge on any atom is -0.309 e. The normalized spacial score (nSPS) is 12.2. The van der Waals surface area contributed by atoms with E-state index in [2.05, 4.69) is 358 Å². The zero-order chi connectivity index (χ0) is 59.4. The molecule has 0 saturated carbocycles. The van der Waals surface area contributed by atoms with Crippen LogP contribution in [0, 0.1) is 0 Å². The molecule has 3 nitrogen and oxygen atoms in total. The topological polar surface area (TPSA) is 11.4 Å². The molecule has 0 radical (unpaired) electrons. The van der Waals surface area contributed by atoms with Gasteiger partial charge >= 0.3 is 0 Å². The average Bonchev–Trinajstić information content (AvgIpc) is 2.86. The van der Waals surface area contributed by atoms with Gasteiger partial charge in [-0.1, -0.05) is 253 Å². The van der Waals surface area contributed by atoms with Gasteiger partial charge < -0.3 is 14.4 Å². The lowest BCUT2D eigenvalue weighted by Crippen LogP contribution is -2.20. The largest absolute Gasteiger partial charge is 0.309 e. The molecular formula is C82H79N3. The summed E-state index contributed by atoms with van der Waals surface area (Å²) < 4.78 is 2.42. The van der Waals surface area contributed by atoms with Gasteiger partial charge in [0.05, 0.1) is 22.4 Å². The van der Waals surface area contributed by atoms with E-state index < -0.39 is 0 Å². The van der Waals surface area contributed by atoms with Gasteiger partial charge in [0.25, 0.3) is 0 Å². The van der Waals surface area contributed by atoms with E-state index in [9.17, 15) is 0 Å². The predicted molar refractivity (Wildman–Crippen MR) is 367 cm³/mol. The van der Waals surface area contributed by atoms with Gasteiger partial charge in [-0.25, -0.2) is 0 Å². The predicted octanol–water partition coefficient (Wildman–Crippen LogP) is 23.6. The van der Waals surface area contributed by atoms with Crippen molar-refractivity contribution in [3.8, 4) is 50.2 Å². The van der Waals surface area contributed by atoms with E-state index in [4.69, 9.17) is 0 Å². The molecule has 0 atom stereocenters. The smallest absolute Gasteiger partial charge is 0.0618 e. The van der Waals surface area contributed by atoms with E-state index in [0.29, 0.717) is 0 Å². The first-order valence-electron chi connectivity index (χ1n) is 30.2. The summed E-state index contributed by atoms with van der Waals surface area (Å²) in [4.78, 5) is 5.20. The lowest BCUT2D eigenvalue weighted by Gasteiger charge is -2.36. The zero-order valence-electron chi connectivity index (χ0n) is 51.7. The highest BCUT2D eigenvalue weighted by Crippen LogP contribution is 2.54. The average molecular weight is 1110 g/mol. The molecule has 0 aliphatic carbocycles. The van der Waals surface area contributed by atoms with Gasteiger partial charge in [-0.2, -0.15) is 0 Å². The van der Waals surface area contributed by atoms with Crippen LogP contribution in [0.5, 0.6) is 0 Å². The molecule has 0 saturated heterocycles. The summed E-state index contributed by atoms with van der Waals surface area (Å²) in [7, 11) is 0.